The molecule has 0 bridgehead atoms. The molecule has 0 aliphatic carbocycles. The van der Waals surface area contributed by atoms with Crippen LogP contribution in [0.4, 0.5) is 5.69 Å². The molecule has 2 rings (SSSR count). The van der Waals surface area contributed by atoms with Gasteiger partial charge in [0.05, 0.1) is 9.90 Å². The number of hydrogen-bond donors (Lipinski definition) is 1. The molecule has 0 aliphatic rings. The highest BCUT2D eigenvalue weighted by molar-refractivity contribution is 7.14. The van der Waals surface area contributed by atoms with Crippen LogP contribution in [0.3, 0.4) is 0 Å². The first-order chi connectivity index (χ1) is 6.68. The number of rotatable bonds is 1. The highest BCUT2D eigenvalue weighted by Gasteiger charge is 2.08. The third-order valence-electron chi connectivity index (χ3n) is 1.88. The predicted octanol–water partition coefficient (Wildman–Crippen LogP) is 4.30. The summed E-state index contributed by atoms with van der Waals surface area (Å²) < 4.78 is 0. The summed E-state index contributed by atoms with van der Waals surface area (Å²) in [5.74, 6) is 0. The van der Waals surface area contributed by atoms with Crippen molar-refractivity contribution in [1.29, 1.82) is 0 Å². The Balaban J connectivity index is 2.62. The van der Waals surface area contributed by atoms with Crippen LogP contribution >= 0.6 is 34.5 Å². The molecule has 1 nitrogen and oxygen atoms in total. The Bertz CT molecular complexity index is 465. The fraction of sp³-hybridized carbons (Fsp3) is 0. The second-order valence-corrected chi connectivity index (χ2v) is 4.59. The van der Waals surface area contributed by atoms with Crippen LogP contribution in [-0.2, 0) is 0 Å². The highest BCUT2D eigenvalue weighted by atomic mass is 35.5. The lowest BCUT2D eigenvalue weighted by Gasteiger charge is -2.04. The van der Waals surface area contributed by atoms with Gasteiger partial charge < -0.3 is 5.73 Å². The lowest BCUT2D eigenvalue weighted by Crippen LogP contribution is -1.88. The van der Waals surface area contributed by atoms with Gasteiger partial charge in [-0.05, 0) is 29.6 Å². The average Bonchev–Trinajstić information content (AvgIpc) is 2.56. The van der Waals surface area contributed by atoms with Crippen LogP contribution in [0.5, 0.6) is 0 Å². The number of hydrogen-bond acceptors (Lipinski definition) is 2. The van der Waals surface area contributed by atoms with Gasteiger partial charge in [0.25, 0.3) is 0 Å². The van der Waals surface area contributed by atoms with Gasteiger partial charge in [-0.3, -0.25) is 0 Å². The first-order valence-corrected chi connectivity index (χ1v) is 5.60. The van der Waals surface area contributed by atoms with Crippen LogP contribution in [-0.4, -0.2) is 0 Å². The minimum atomic E-state index is 0.665. The van der Waals surface area contributed by atoms with Crippen LogP contribution in [0.2, 0.25) is 10.0 Å². The Kier molecular flexibility index (Phi) is 2.68. The summed E-state index contributed by atoms with van der Waals surface area (Å²) in [5, 5.41) is 3.31. The second kappa shape index (κ2) is 3.81. The van der Waals surface area contributed by atoms with Crippen molar-refractivity contribution in [3.63, 3.8) is 0 Å². The second-order valence-electron chi connectivity index (χ2n) is 2.83. The van der Waals surface area contributed by atoms with E-state index in [4.69, 9.17) is 28.9 Å². The fourth-order valence-electron chi connectivity index (χ4n) is 1.21. The molecular weight excluding hydrogens is 237 g/mol. The minimum absolute atomic E-state index is 0.665. The van der Waals surface area contributed by atoms with Crippen LogP contribution in [0, 0.1) is 0 Å². The Labute approximate surface area is 96.1 Å². The topological polar surface area (TPSA) is 26.0 Å². The SMILES string of the molecule is Nc1ccc(Cl)cc1-c1sccc1Cl. The molecule has 2 N–H and O–H groups in total. The van der Waals surface area contributed by atoms with Crippen molar-refractivity contribution in [3.05, 3.63) is 39.7 Å². The molecule has 0 radical (unpaired) electrons. The molecule has 72 valence electrons. The molecule has 14 heavy (non-hydrogen) atoms. The van der Waals surface area contributed by atoms with E-state index in [0.29, 0.717) is 15.7 Å². The molecule has 0 fully saturated rings. The maximum Gasteiger partial charge on any atom is 0.0593 e. The van der Waals surface area contributed by atoms with Gasteiger partial charge in [-0.1, -0.05) is 23.2 Å². The third kappa shape index (κ3) is 1.73. The summed E-state index contributed by atoms with van der Waals surface area (Å²) in [6.45, 7) is 0. The van der Waals surface area contributed by atoms with Gasteiger partial charge in [0, 0.05) is 16.3 Å². The lowest BCUT2D eigenvalue weighted by atomic mass is 10.1. The number of nitrogens with two attached hydrogens (primary N) is 1. The molecule has 0 saturated carbocycles. The number of nitrogen functional groups attached to an aromatic ring is 1. The lowest BCUT2D eigenvalue weighted by molar-refractivity contribution is 1.67. The smallest absolute Gasteiger partial charge is 0.0593 e. The Hall–Kier alpha value is -0.700. The molecule has 2 aromatic rings. The summed E-state index contributed by atoms with van der Waals surface area (Å²) in [5.41, 5.74) is 7.43. The van der Waals surface area contributed by atoms with Crippen molar-refractivity contribution in [3.8, 4) is 10.4 Å². The van der Waals surface area contributed by atoms with E-state index < -0.39 is 0 Å². The zero-order chi connectivity index (χ0) is 10.1. The summed E-state index contributed by atoms with van der Waals surface area (Å²) in [4.78, 5) is 0.965. The van der Waals surface area contributed by atoms with Crippen molar-refractivity contribution in [2.75, 3.05) is 5.73 Å². The summed E-state index contributed by atoms with van der Waals surface area (Å²) in [7, 11) is 0. The van der Waals surface area contributed by atoms with Crippen molar-refractivity contribution in [1.82, 2.24) is 0 Å². The van der Waals surface area contributed by atoms with E-state index in [2.05, 4.69) is 0 Å². The maximum absolute atomic E-state index is 6.01. The first kappa shape index (κ1) is 9.84. The summed E-state index contributed by atoms with van der Waals surface area (Å²) in [6, 6.07) is 7.23. The van der Waals surface area contributed by atoms with Gasteiger partial charge in [-0.25, -0.2) is 0 Å². The Morgan fingerprint density at radius 3 is 2.57 bits per heavy atom. The van der Waals surface area contributed by atoms with Crippen LogP contribution in [0.25, 0.3) is 10.4 Å². The molecule has 0 unspecified atom stereocenters. The first-order valence-electron chi connectivity index (χ1n) is 3.97. The predicted molar refractivity (Wildman–Crippen MR) is 64.2 cm³/mol. The van der Waals surface area contributed by atoms with Gasteiger partial charge in [0.1, 0.15) is 0 Å². The van der Waals surface area contributed by atoms with Crippen molar-refractivity contribution >= 4 is 40.2 Å². The molecular formula is C10H7Cl2NS. The highest BCUT2D eigenvalue weighted by Crippen LogP contribution is 2.37. The number of thiophene rings is 1. The molecule has 4 heteroatoms. The van der Waals surface area contributed by atoms with Gasteiger partial charge in [0.2, 0.25) is 0 Å². The molecule has 1 aromatic heterocycles. The summed E-state index contributed by atoms with van der Waals surface area (Å²) >= 11 is 13.5. The van der Waals surface area contributed by atoms with Crippen LogP contribution in [0.1, 0.15) is 0 Å². The molecule has 1 aromatic carbocycles. The van der Waals surface area contributed by atoms with Crippen LogP contribution < -0.4 is 5.73 Å². The van der Waals surface area contributed by atoms with Crippen LogP contribution in [0.15, 0.2) is 29.6 Å². The fourth-order valence-corrected chi connectivity index (χ4v) is 2.58. The Morgan fingerprint density at radius 2 is 1.93 bits per heavy atom. The van der Waals surface area contributed by atoms with E-state index in [0.717, 1.165) is 10.4 Å². The number of benzene rings is 1. The van der Waals surface area contributed by atoms with E-state index >= 15 is 0 Å². The zero-order valence-electron chi connectivity index (χ0n) is 7.13. The molecule has 1 heterocycles. The van der Waals surface area contributed by atoms with E-state index in [-0.39, 0.29) is 0 Å². The molecule has 0 aliphatic heterocycles. The van der Waals surface area contributed by atoms with Crippen molar-refractivity contribution in [2.24, 2.45) is 0 Å². The van der Waals surface area contributed by atoms with Crippen molar-refractivity contribution < 1.29 is 0 Å². The third-order valence-corrected chi connectivity index (χ3v) is 3.49. The molecule has 0 atom stereocenters. The molecule has 0 spiro atoms. The van der Waals surface area contributed by atoms with E-state index in [9.17, 15) is 0 Å². The standard InChI is InChI=1S/C10H7Cl2NS/c11-6-1-2-9(13)7(5-6)10-8(12)3-4-14-10/h1-5H,13H2. The van der Waals surface area contributed by atoms with Gasteiger partial charge >= 0.3 is 0 Å². The van der Waals surface area contributed by atoms with E-state index in [1.165, 1.54) is 0 Å². The molecule has 0 amide bonds. The number of anilines is 1. The normalized spacial score (nSPS) is 10.4. The summed E-state index contributed by atoms with van der Waals surface area (Å²) in [6.07, 6.45) is 0. The monoisotopic (exact) mass is 243 g/mol. The Morgan fingerprint density at radius 1 is 1.14 bits per heavy atom. The van der Waals surface area contributed by atoms with Crippen molar-refractivity contribution in [2.45, 2.75) is 0 Å². The van der Waals surface area contributed by atoms with Gasteiger partial charge in [-0.2, -0.15) is 0 Å². The maximum atomic E-state index is 6.01. The van der Waals surface area contributed by atoms with Gasteiger partial charge in [0.15, 0.2) is 0 Å². The zero-order valence-corrected chi connectivity index (χ0v) is 9.46. The number of halogens is 2. The molecule has 0 saturated heterocycles. The minimum Gasteiger partial charge on any atom is -0.398 e. The largest absolute Gasteiger partial charge is 0.398 e. The quantitative estimate of drug-likeness (QED) is 0.743. The van der Waals surface area contributed by atoms with Gasteiger partial charge in [-0.15, -0.1) is 11.3 Å². The van der Waals surface area contributed by atoms with E-state index in [1.807, 2.05) is 17.5 Å². The average molecular weight is 244 g/mol. The van der Waals surface area contributed by atoms with E-state index in [1.54, 1.807) is 23.5 Å².